The number of likely N-dealkylation sites (tertiary alicyclic amines) is 1. The van der Waals surface area contributed by atoms with Crippen molar-refractivity contribution in [3.63, 3.8) is 0 Å². The third-order valence-corrected chi connectivity index (χ3v) is 5.31. The lowest BCUT2D eigenvalue weighted by molar-refractivity contribution is 0.217. The first-order valence-electron chi connectivity index (χ1n) is 9.45. The van der Waals surface area contributed by atoms with Gasteiger partial charge in [0.15, 0.2) is 0 Å². The molecule has 1 saturated heterocycles. The van der Waals surface area contributed by atoms with Gasteiger partial charge in [-0.2, -0.15) is 5.10 Å². The summed E-state index contributed by atoms with van der Waals surface area (Å²) in [5.41, 5.74) is 5.18. The van der Waals surface area contributed by atoms with Crippen molar-refractivity contribution >= 4 is 5.82 Å². The van der Waals surface area contributed by atoms with Gasteiger partial charge in [-0.3, -0.25) is 4.90 Å². The number of hydrogen-bond acceptors (Lipinski definition) is 3. The Bertz CT molecular complexity index is 680. The molecule has 2 aliphatic heterocycles. The van der Waals surface area contributed by atoms with Crippen molar-refractivity contribution in [2.24, 2.45) is 0 Å². The highest BCUT2D eigenvalue weighted by Crippen LogP contribution is 2.29. The molecule has 128 valence electrons. The number of nitrogens with zero attached hydrogens (tertiary/aromatic N) is 3. The number of fused-ring (bicyclic) bond motifs is 1. The molecule has 1 aromatic heterocycles. The van der Waals surface area contributed by atoms with Gasteiger partial charge in [-0.25, -0.2) is 4.68 Å². The van der Waals surface area contributed by atoms with Gasteiger partial charge in [0.2, 0.25) is 0 Å². The summed E-state index contributed by atoms with van der Waals surface area (Å²) in [6.07, 6.45) is 7.70. The van der Waals surface area contributed by atoms with Gasteiger partial charge in [-0.15, -0.1) is 0 Å². The maximum absolute atomic E-state index is 5.04. The molecule has 4 nitrogen and oxygen atoms in total. The predicted octanol–water partition coefficient (Wildman–Crippen LogP) is 3.91. The van der Waals surface area contributed by atoms with Crippen LogP contribution in [0.25, 0.3) is 5.69 Å². The van der Waals surface area contributed by atoms with Crippen LogP contribution in [0, 0.1) is 6.92 Å². The van der Waals surface area contributed by atoms with Gasteiger partial charge in [0, 0.05) is 18.7 Å². The molecule has 2 aromatic rings. The molecule has 0 amide bonds. The average Bonchev–Trinajstić information content (AvgIpc) is 2.79. The second-order valence-corrected chi connectivity index (χ2v) is 7.24. The molecule has 4 heteroatoms. The Balaban J connectivity index is 1.69. The second kappa shape index (κ2) is 6.98. The molecular formula is C20H28N4. The summed E-state index contributed by atoms with van der Waals surface area (Å²) in [6.45, 7) is 6.63. The third-order valence-electron chi connectivity index (χ3n) is 5.31. The number of anilines is 1. The topological polar surface area (TPSA) is 33.1 Å². The Hall–Kier alpha value is -1.81. The van der Waals surface area contributed by atoms with E-state index in [1.165, 1.54) is 67.8 Å². The largest absolute Gasteiger partial charge is 0.370 e. The van der Waals surface area contributed by atoms with E-state index >= 15 is 0 Å². The maximum atomic E-state index is 5.04. The molecule has 0 spiro atoms. The summed E-state index contributed by atoms with van der Waals surface area (Å²) in [6, 6.07) is 8.70. The molecule has 0 atom stereocenters. The van der Waals surface area contributed by atoms with Gasteiger partial charge in [0.1, 0.15) is 5.82 Å². The molecule has 0 aliphatic carbocycles. The van der Waals surface area contributed by atoms with E-state index in [1.807, 2.05) is 0 Å². The van der Waals surface area contributed by atoms with Crippen molar-refractivity contribution in [3.8, 4) is 5.69 Å². The lowest BCUT2D eigenvalue weighted by atomic mass is 10.1. The molecule has 1 fully saturated rings. The zero-order valence-electron chi connectivity index (χ0n) is 14.7. The molecule has 0 radical (unpaired) electrons. The number of benzene rings is 1. The van der Waals surface area contributed by atoms with Crippen LogP contribution in [0.3, 0.4) is 0 Å². The van der Waals surface area contributed by atoms with Gasteiger partial charge in [0.05, 0.1) is 11.4 Å². The van der Waals surface area contributed by atoms with Gasteiger partial charge in [0.25, 0.3) is 0 Å². The van der Waals surface area contributed by atoms with Crippen molar-refractivity contribution in [1.82, 2.24) is 14.7 Å². The van der Waals surface area contributed by atoms with E-state index < -0.39 is 0 Å². The molecule has 0 bridgehead atoms. The van der Waals surface area contributed by atoms with Gasteiger partial charge < -0.3 is 5.32 Å². The molecule has 24 heavy (non-hydrogen) atoms. The summed E-state index contributed by atoms with van der Waals surface area (Å²) in [7, 11) is 0. The quantitative estimate of drug-likeness (QED) is 0.929. The fourth-order valence-electron chi connectivity index (χ4n) is 3.90. The van der Waals surface area contributed by atoms with Crippen LogP contribution in [-0.4, -0.2) is 34.3 Å². The zero-order chi connectivity index (χ0) is 16.4. The van der Waals surface area contributed by atoms with E-state index in [1.54, 1.807) is 0 Å². The number of piperidine rings is 1. The lowest BCUT2D eigenvalue weighted by Crippen LogP contribution is -2.29. The first kappa shape index (κ1) is 15.7. The lowest BCUT2D eigenvalue weighted by Gasteiger charge is -2.25. The van der Waals surface area contributed by atoms with Crippen LogP contribution in [0.1, 0.15) is 48.9 Å². The minimum absolute atomic E-state index is 1.00. The Morgan fingerprint density at radius 2 is 1.79 bits per heavy atom. The van der Waals surface area contributed by atoms with E-state index in [9.17, 15) is 0 Å². The number of hydrogen-bond donors (Lipinski definition) is 1. The number of aryl methyl sites for hydroxylation is 1. The van der Waals surface area contributed by atoms with Gasteiger partial charge in [-0.1, -0.05) is 24.1 Å². The molecule has 0 unspecified atom stereocenters. The van der Waals surface area contributed by atoms with Crippen LogP contribution in [-0.2, 0) is 13.0 Å². The molecule has 3 heterocycles. The molecule has 4 rings (SSSR count). The average molecular weight is 324 g/mol. The van der Waals surface area contributed by atoms with Crippen molar-refractivity contribution in [1.29, 1.82) is 0 Å². The molecular weight excluding hydrogens is 296 g/mol. The summed E-state index contributed by atoms with van der Waals surface area (Å²) >= 11 is 0. The third kappa shape index (κ3) is 3.20. The van der Waals surface area contributed by atoms with Crippen LogP contribution >= 0.6 is 0 Å². The molecule has 1 N–H and O–H groups in total. The van der Waals surface area contributed by atoms with Crippen molar-refractivity contribution < 1.29 is 0 Å². The molecule has 2 aliphatic rings. The van der Waals surface area contributed by atoms with Crippen molar-refractivity contribution in [2.75, 3.05) is 25.0 Å². The van der Waals surface area contributed by atoms with Crippen molar-refractivity contribution in [2.45, 2.75) is 52.0 Å². The maximum Gasteiger partial charge on any atom is 0.133 e. The Morgan fingerprint density at radius 1 is 1.00 bits per heavy atom. The first-order valence-corrected chi connectivity index (χ1v) is 9.45. The van der Waals surface area contributed by atoms with Crippen molar-refractivity contribution in [3.05, 3.63) is 41.1 Å². The normalized spacial score (nSPS) is 18.7. The number of rotatable bonds is 3. The first-order chi connectivity index (χ1) is 11.8. The fraction of sp³-hybridized carbons (Fsp3) is 0.550. The van der Waals surface area contributed by atoms with Crippen LogP contribution in [0.2, 0.25) is 0 Å². The molecule has 0 saturated carbocycles. The predicted molar refractivity (Wildman–Crippen MR) is 98.9 cm³/mol. The standard InChI is InChI=1S/C20H28N4/c1-16-8-10-17(11-9-16)24-20-18(7-3-4-12-21-20)19(22-24)15-23-13-5-2-6-14-23/h8-11,21H,2-7,12-15H2,1H3. The van der Waals surface area contributed by atoms with Crippen LogP contribution in [0.4, 0.5) is 5.82 Å². The Kier molecular flexibility index (Phi) is 4.56. The minimum Gasteiger partial charge on any atom is -0.370 e. The summed E-state index contributed by atoms with van der Waals surface area (Å²) in [5.74, 6) is 1.23. The summed E-state index contributed by atoms with van der Waals surface area (Å²) < 4.78 is 2.14. The highest BCUT2D eigenvalue weighted by Gasteiger charge is 2.22. The SMILES string of the molecule is Cc1ccc(-n2nc(CN3CCCCC3)c3c2NCCCC3)cc1. The van der Waals surface area contributed by atoms with Gasteiger partial charge in [-0.05, 0) is 64.3 Å². The van der Waals surface area contributed by atoms with E-state index in [4.69, 9.17) is 5.10 Å². The summed E-state index contributed by atoms with van der Waals surface area (Å²) in [4.78, 5) is 2.58. The van der Waals surface area contributed by atoms with Crippen LogP contribution < -0.4 is 5.32 Å². The fourth-order valence-corrected chi connectivity index (χ4v) is 3.90. The van der Waals surface area contributed by atoms with E-state index in [2.05, 4.69) is 46.1 Å². The number of nitrogens with one attached hydrogen (secondary N) is 1. The molecule has 1 aromatic carbocycles. The Labute approximate surface area is 144 Å². The monoisotopic (exact) mass is 324 g/mol. The van der Waals surface area contributed by atoms with Crippen LogP contribution in [0.5, 0.6) is 0 Å². The number of aromatic nitrogens is 2. The highest BCUT2D eigenvalue weighted by molar-refractivity contribution is 5.54. The Morgan fingerprint density at radius 3 is 2.58 bits per heavy atom. The van der Waals surface area contributed by atoms with Gasteiger partial charge >= 0.3 is 0 Å². The van der Waals surface area contributed by atoms with E-state index in [-0.39, 0.29) is 0 Å². The summed E-state index contributed by atoms with van der Waals surface area (Å²) in [5, 5.41) is 8.69. The highest BCUT2D eigenvalue weighted by atomic mass is 15.3. The smallest absolute Gasteiger partial charge is 0.133 e. The van der Waals surface area contributed by atoms with E-state index in [0.717, 1.165) is 25.2 Å². The zero-order valence-corrected chi connectivity index (χ0v) is 14.7. The van der Waals surface area contributed by atoms with E-state index in [0.29, 0.717) is 0 Å². The van der Waals surface area contributed by atoms with Crippen LogP contribution in [0.15, 0.2) is 24.3 Å². The minimum atomic E-state index is 1.00. The second-order valence-electron chi connectivity index (χ2n) is 7.24.